The van der Waals surface area contributed by atoms with Crippen LogP contribution in [-0.4, -0.2) is 20.6 Å². The van der Waals surface area contributed by atoms with Gasteiger partial charge in [0.1, 0.15) is 6.54 Å². The van der Waals surface area contributed by atoms with Gasteiger partial charge in [0, 0.05) is 0 Å². The summed E-state index contributed by atoms with van der Waals surface area (Å²) in [5, 5.41) is 0. The van der Waals surface area contributed by atoms with E-state index in [0.29, 0.717) is 5.92 Å². The first-order valence-corrected chi connectivity index (χ1v) is 7.97. The van der Waals surface area contributed by atoms with Crippen molar-refractivity contribution in [2.45, 2.75) is 19.3 Å². The highest BCUT2D eigenvalue weighted by molar-refractivity contribution is 5.48. The zero-order valence-electron chi connectivity index (χ0n) is 14.1. The summed E-state index contributed by atoms with van der Waals surface area (Å²) in [6.45, 7) is 5.38. The van der Waals surface area contributed by atoms with Crippen molar-refractivity contribution in [3.8, 4) is 11.8 Å². The molecule has 0 atom stereocenters. The third-order valence-corrected chi connectivity index (χ3v) is 4.05. The van der Waals surface area contributed by atoms with Crippen LogP contribution in [0.2, 0.25) is 0 Å². The Morgan fingerprint density at radius 1 is 0.864 bits per heavy atom. The molecule has 1 nitrogen and oxygen atoms in total. The molecule has 0 heterocycles. The van der Waals surface area contributed by atoms with Crippen LogP contribution >= 0.6 is 0 Å². The lowest BCUT2D eigenvalue weighted by molar-refractivity contribution is -0.850. The number of benzene rings is 2. The summed E-state index contributed by atoms with van der Waals surface area (Å²) in [4.78, 5) is 1.35. The third-order valence-electron chi connectivity index (χ3n) is 4.05. The quantitative estimate of drug-likeness (QED) is 0.827. The normalized spacial score (nSPS) is 11.4. The van der Waals surface area contributed by atoms with Crippen molar-refractivity contribution in [3.05, 3.63) is 71.8 Å². The van der Waals surface area contributed by atoms with Gasteiger partial charge in [-0.25, -0.2) is 0 Å². The molecule has 0 aliphatic carbocycles. The molecule has 0 aromatic heterocycles. The molecular weight excluding hydrogens is 266 g/mol. The van der Waals surface area contributed by atoms with Crippen LogP contribution < -0.4 is 4.90 Å². The smallest absolute Gasteiger partial charge is 0.139 e. The van der Waals surface area contributed by atoms with Crippen LogP contribution in [0.1, 0.15) is 25.0 Å². The Labute approximate surface area is 135 Å². The molecule has 22 heavy (non-hydrogen) atoms. The van der Waals surface area contributed by atoms with E-state index >= 15 is 0 Å². The fourth-order valence-electron chi connectivity index (χ4n) is 2.88. The molecule has 0 saturated carbocycles. The van der Waals surface area contributed by atoms with Crippen LogP contribution in [0.15, 0.2) is 60.7 Å². The summed E-state index contributed by atoms with van der Waals surface area (Å²) in [6, 6.07) is 21.3. The predicted octanol–water partition coefficient (Wildman–Crippen LogP) is 2.78. The number of hydrogen-bond acceptors (Lipinski definition) is 0. The third kappa shape index (κ3) is 3.40. The lowest BCUT2D eigenvalue weighted by Gasteiger charge is -2.34. The van der Waals surface area contributed by atoms with Gasteiger partial charge in [-0.3, -0.25) is 0 Å². The van der Waals surface area contributed by atoms with Crippen LogP contribution in [0.5, 0.6) is 0 Å². The highest BCUT2D eigenvalue weighted by Gasteiger charge is 2.35. The maximum Gasteiger partial charge on any atom is 0.139 e. The zero-order valence-corrected chi connectivity index (χ0v) is 14.1. The Bertz CT molecular complexity index is 590. The second-order valence-electron chi connectivity index (χ2n) is 6.38. The fraction of sp³-hybridized carbons (Fsp3) is 0.333. The monoisotopic (exact) mass is 292 g/mol. The van der Waals surface area contributed by atoms with E-state index in [9.17, 15) is 0 Å². The molecule has 0 fully saturated rings. The van der Waals surface area contributed by atoms with E-state index in [4.69, 9.17) is 0 Å². The molecule has 0 spiro atoms. The van der Waals surface area contributed by atoms with E-state index in [1.54, 1.807) is 0 Å². The Morgan fingerprint density at radius 3 is 1.68 bits per heavy atom. The summed E-state index contributed by atoms with van der Waals surface area (Å²) in [6.07, 6.45) is 0. The summed E-state index contributed by atoms with van der Waals surface area (Å²) < 4.78 is 0. The van der Waals surface area contributed by atoms with Crippen LogP contribution in [0, 0.1) is 17.8 Å². The molecule has 0 radical (unpaired) electrons. The van der Waals surface area contributed by atoms with E-state index in [2.05, 4.69) is 100 Å². The van der Waals surface area contributed by atoms with Crippen molar-refractivity contribution in [1.29, 1.82) is 0 Å². The molecule has 2 aromatic carbocycles. The van der Waals surface area contributed by atoms with Crippen molar-refractivity contribution < 1.29 is 4.90 Å². The zero-order chi connectivity index (χ0) is 16.0. The Morgan fingerprint density at radius 2 is 1.32 bits per heavy atom. The van der Waals surface area contributed by atoms with Gasteiger partial charge in [0.05, 0.1) is 19.5 Å². The molecule has 0 aliphatic rings. The highest BCUT2D eigenvalue weighted by atomic mass is 15.0. The SMILES string of the molecule is CC(C)C(C#CC[NH+](C)C)(c1ccccc1)c1ccccc1. The molecule has 0 unspecified atom stereocenters. The molecule has 0 aliphatic heterocycles. The number of rotatable bonds is 4. The maximum atomic E-state index is 3.63. The van der Waals surface area contributed by atoms with Crippen molar-refractivity contribution in [2.75, 3.05) is 20.6 Å². The molecule has 0 bridgehead atoms. The molecule has 2 aromatic rings. The predicted molar refractivity (Wildman–Crippen MR) is 94.0 cm³/mol. The van der Waals surface area contributed by atoms with Gasteiger partial charge < -0.3 is 4.90 Å². The second-order valence-corrected chi connectivity index (χ2v) is 6.38. The molecular formula is C21H26N+. The van der Waals surface area contributed by atoms with Crippen molar-refractivity contribution in [3.63, 3.8) is 0 Å². The summed E-state index contributed by atoms with van der Waals surface area (Å²) in [7, 11) is 4.27. The van der Waals surface area contributed by atoms with Gasteiger partial charge in [-0.15, -0.1) is 0 Å². The molecule has 0 saturated heterocycles. The average Bonchev–Trinajstić information content (AvgIpc) is 2.53. The van der Waals surface area contributed by atoms with Gasteiger partial charge in [-0.2, -0.15) is 0 Å². The number of hydrogen-bond donors (Lipinski definition) is 1. The molecule has 114 valence electrons. The van der Waals surface area contributed by atoms with Gasteiger partial charge in [0.2, 0.25) is 0 Å². The van der Waals surface area contributed by atoms with Crippen molar-refractivity contribution in [1.82, 2.24) is 0 Å². The lowest BCUT2D eigenvalue weighted by Crippen LogP contribution is -3.05. The van der Waals surface area contributed by atoms with Crippen molar-refractivity contribution in [2.24, 2.45) is 5.92 Å². The van der Waals surface area contributed by atoms with E-state index < -0.39 is 0 Å². The summed E-state index contributed by atoms with van der Waals surface area (Å²) in [5.41, 5.74) is 2.30. The van der Waals surface area contributed by atoms with Crippen LogP contribution in [0.25, 0.3) is 0 Å². The van der Waals surface area contributed by atoms with Gasteiger partial charge in [0.15, 0.2) is 0 Å². The topological polar surface area (TPSA) is 4.44 Å². The van der Waals surface area contributed by atoms with Crippen molar-refractivity contribution >= 4 is 0 Å². The van der Waals surface area contributed by atoms with Crippen LogP contribution in [0.4, 0.5) is 0 Å². The number of nitrogens with one attached hydrogen (secondary N) is 1. The van der Waals surface area contributed by atoms with E-state index in [-0.39, 0.29) is 5.41 Å². The summed E-state index contributed by atoms with van der Waals surface area (Å²) in [5.74, 6) is 7.43. The average molecular weight is 292 g/mol. The Kier molecular flexibility index (Phi) is 5.41. The lowest BCUT2D eigenvalue weighted by atomic mass is 9.67. The van der Waals surface area contributed by atoms with Crippen LogP contribution in [-0.2, 0) is 5.41 Å². The molecule has 1 heteroatoms. The standard InChI is InChI=1S/C21H25N/c1-18(2)21(16-11-17-22(3)4,19-12-7-5-8-13-19)20-14-9-6-10-15-20/h5-10,12-15,18H,17H2,1-4H3/p+1. The largest absolute Gasteiger partial charge is 0.330 e. The van der Waals surface area contributed by atoms with E-state index in [1.165, 1.54) is 16.0 Å². The second kappa shape index (κ2) is 7.29. The first-order chi connectivity index (χ1) is 10.6. The molecule has 0 amide bonds. The van der Waals surface area contributed by atoms with Gasteiger partial charge in [0.25, 0.3) is 0 Å². The van der Waals surface area contributed by atoms with Gasteiger partial charge in [-0.05, 0) is 23.0 Å². The fourth-order valence-corrected chi connectivity index (χ4v) is 2.88. The van der Waals surface area contributed by atoms with E-state index in [0.717, 1.165) is 6.54 Å². The van der Waals surface area contributed by atoms with Gasteiger partial charge in [-0.1, -0.05) is 80.4 Å². The van der Waals surface area contributed by atoms with Gasteiger partial charge >= 0.3 is 0 Å². The molecule has 1 N–H and O–H groups in total. The Balaban J connectivity index is 2.62. The first-order valence-electron chi connectivity index (χ1n) is 7.97. The molecule has 2 rings (SSSR count). The number of quaternary nitrogens is 1. The highest BCUT2D eigenvalue weighted by Crippen LogP contribution is 2.38. The van der Waals surface area contributed by atoms with E-state index in [1.807, 2.05) is 0 Å². The first kappa shape index (κ1) is 16.3. The summed E-state index contributed by atoms with van der Waals surface area (Å²) >= 11 is 0. The minimum Gasteiger partial charge on any atom is -0.330 e. The Hall–Kier alpha value is -2.04. The van der Waals surface area contributed by atoms with Crippen LogP contribution in [0.3, 0.4) is 0 Å². The minimum atomic E-state index is -0.252. The maximum absolute atomic E-state index is 3.63. The minimum absolute atomic E-state index is 0.252.